The lowest BCUT2D eigenvalue weighted by atomic mass is 9.98. The second-order valence-electron chi connectivity index (χ2n) is 12.6. The Morgan fingerprint density at radius 2 is 0.558 bits per heavy atom. The van der Waals surface area contributed by atoms with E-state index < -0.39 is 0 Å². The molecule has 5 heteroatoms. The topological polar surface area (TPSA) is 64.5 Å². The second-order valence-corrected chi connectivity index (χ2v) is 12.6. The first-order chi connectivity index (χ1) is 25.7. The van der Waals surface area contributed by atoms with Crippen molar-refractivity contribution >= 4 is 10.8 Å². The van der Waals surface area contributed by atoms with Crippen LogP contribution in [0.3, 0.4) is 0 Å². The van der Waals surface area contributed by atoms with Crippen LogP contribution in [0.1, 0.15) is 0 Å². The van der Waals surface area contributed by atoms with Crippen molar-refractivity contribution in [2.24, 2.45) is 0 Å². The Bertz CT molecular complexity index is 2530. The Kier molecular flexibility index (Phi) is 8.12. The van der Waals surface area contributed by atoms with Gasteiger partial charge in [-0.3, -0.25) is 0 Å². The first-order valence-corrected chi connectivity index (χ1v) is 17.3. The maximum Gasteiger partial charge on any atom is 0.164 e. The van der Waals surface area contributed by atoms with Crippen molar-refractivity contribution in [2.45, 2.75) is 0 Å². The van der Waals surface area contributed by atoms with E-state index in [1.807, 2.05) is 97.1 Å². The van der Waals surface area contributed by atoms with E-state index in [1.165, 1.54) is 0 Å². The van der Waals surface area contributed by atoms with E-state index in [2.05, 4.69) is 91.0 Å². The number of fused-ring (bicyclic) bond motifs is 1. The fraction of sp³-hybridized carbons (Fsp3) is 0. The average molecular weight is 666 g/mol. The molecule has 0 spiro atoms. The highest BCUT2D eigenvalue weighted by molar-refractivity contribution is 5.91. The zero-order valence-corrected chi connectivity index (χ0v) is 28.1. The third-order valence-corrected chi connectivity index (χ3v) is 9.14. The molecule has 0 aliphatic carbocycles. The molecule has 0 aliphatic rings. The Morgan fingerprint density at radius 1 is 0.212 bits per heavy atom. The summed E-state index contributed by atoms with van der Waals surface area (Å²) in [5, 5.41) is 2.30. The van der Waals surface area contributed by atoms with Gasteiger partial charge in [0.2, 0.25) is 0 Å². The van der Waals surface area contributed by atoms with E-state index in [9.17, 15) is 0 Å². The molecule has 0 fully saturated rings. The van der Waals surface area contributed by atoms with Crippen LogP contribution in [-0.4, -0.2) is 24.9 Å². The van der Waals surface area contributed by atoms with E-state index in [-0.39, 0.29) is 0 Å². The molecule has 52 heavy (non-hydrogen) atoms. The van der Waals surface area contributed by atoms with Gasteiger partial charge >= 0.3 is 0 Å². The van der Waals surface area contributed by atoms with Crippen LogP contribution in [-0.2, 0) is 0 Å². The maximum atomic E-state index is 5.05. The Labute approximate surface area is 302 Å². The van der Waals surface area contributed by atoms with Gasteiger partial charge in [-0.15, -0.1) is 0 Å². The van der Waals surface area contributed by atoms with E-state index >= 15 is 0 Å². The highest BCUT2D eigenvalue weighted by Crippen LogP contribution is 2.32. The largest absolute Gasteiger partial charge is 0.228 e. The van der Waals surface area contributed by atoms with Crippen LogP contribution in [0.15, 0.2) is 188 Å². The summed E-state index contributed by atoms with van der Waals surface area (Å²) in [6.07, 6.45) is 0. The van der Waals surface area contributed by atoms with Gasteiger partial charge in [-0.1, -0.05) is 170 Å². The summed E-state index contributed by atoms with van der Waals surface area (Å²) in [4.78, 5) is 24.6. The zero-order valence-electron chi connectivity index (χ0n) is 28.1. The molecule has 2 aromatic heterocycles. The summed E-state index contributed by atoms with van der Waals surface area (Å²) in [5.74, 6) is 2.64. The summed E-state index contributed by atoms with van der Waals surface area (Å²) in [6, 6.07) is 64.2. The molecule has 0 unspecified atom stereocenters. The van der Waals surface area contributed by atoms with Crippen molar-refractivity contribution in [3.8, 4) is 79.2 Å². The van der Waals surface area contributed by atoms with Crippen LogP contribution >= 0.6 is 0 Å². The number of nitrogens with zero attached hydrogens (tertiary/aromatic N) is 5. The molecule has 0 amide bonds. The molecule has 0 aliphatic heterocycles. The minimum Gasteiger partial charge on any atom is -0.228 e. The van der Waals surface area contributed by atoms with Crippen molar-refractivity contribution in [3.05, 3.63) is 188 Å². The molecule has 0 saturated carbocycles. The van der Waals surface area contributed by atoms with Crippen molar-refractivity contribution in [3.63, 3.8) is 0 Å². The Morgan fingerprint density at radius 3 is 1.06 bits per heavy atom. The normalized spacial score (nSPS) is 11.1. The number of hydrogen-bond donors (Lipinski definition) is 0. The van der Waals surface area contributed by atoms with Gasteiger partial charge in [-0.2, -0.15) is 0 Å². The van der Waals surface area contributed by atoms with Crippen LogP contribution in [0.2, 0.25) is 0 Å². The summed E-state index contributed by atoms with van der Waals surface area (Å²) in [7, 11) is 0. The molecule has 0 radical (unpaired) electrons. The summed E-state index contributed by atoms with van der Waals surface area (Å²) in [6.45, 7) is 0. The van der Waals surface area contributed by atoms with Crippen LogP contribution < -0.4 is 0 Å². The lowest BCUT2D eigenvalue weighted by Gasteiger charge is -2.11. The molecular formula is C47H31N5. The van der Waals surface area contributed by atoms with E-state index in [0.29, 0.717) is 23.3 Å². The van der Waals surface area contributed by atoms with Crippen molar-refractivity contribution in [2.75, 3.05) is 0 Å². The number of benzene rings is 7. The molecular weight excluding hydrogens is 635 g/mol. The fourth-order valence-electron chi connectivity index (χ4n) is 6.40. The summed E-state index contributed by atoms with van der Waals surface area (Å²) < 4.78 is 0. The Balaban J connectivity index is 1.07. The highest BCUT2D eigenvalue weighted by atomic mass is 15.0. The van der Waals surface area contributed by atoms with Gasteiger partial charge in [0.15, 0.2) is 23.3 Å². The number of hydrogen-bond acceptors (Lipinski definition) is 5. The van der Waals surface area contributed by atoms with Crippen LogP contribution in [0.4, 0.5) is 0 Å². The minimum atomic E-state index is 0.636. The number of rotatable bonds is 7. The monoisotopic (exact) mass is 665 g/mol. The standard InChI is InChI=1S/C47H31N5/c1-5-13-34(14-6-1)42-31-43(49-44(48-42)35-15-7-2-8-16-35)40-28-24-33-23-27-39(29-41(33)30-40)32-21-25-38(26-22-32)47-51-45(36-17-9-3-10-18-36)50-46(52-47)37-19-11-4-12-20-37/h1-31H. The van der Waals surface area contributed by atoms with Gasteiger partial charge in [-0.05, 0) is 40.1 Å². The van der Waals surface area contributed by atoms with E-state index in [4.69, 9.17) is 24.9 Å². The van der Waals surface area contributed by atoms with Crippen LogP contribution in [0.5, 0.6) is 0 Å². The summed E-state index contributed by atoms with van der Waals surface area (Å²) in [5.41, 5.74) is 9.91. The quantitative estimate of drug-likeness (QED) is 0.169. The third kappa shape index (κ3) is 6.35. The van der Waals surface area contributed by atoms with Crippen LogP contribution in [0.25, 0.3) is 90.0 Å². The van der Waals surface area contributed by atoms with Gasteiger partial charge in [0.1, 0.15) is 0 Å². The third-order valence-electron chi connectivity index (χ3n) is 9.14. The van der Waals surface area contributed by atoms with Gasteiger partial charge < -0.3 is 0 Å². The average Bonchev–Trinajstić information content (AvgIpc) is 3.24. The van der Waals surface area contributed by atoms with Gasteiger partial charge in [0.25, 0.3) is 0 Å². The van der Waals surface area contributed by atoms with Gasteiger partial charge in [0, 0.05) is 33.4 Å². The first-order valence-electron chi connectivity index (χ1n) is 17.3. The van der Waals surface area contributed by atoms with Crippen molar-refractivity contribution < 1.29 is 0 Å². The molecule has 9 rings (SSSR count). The zero-order chi connectivity index (χ0) is 34.7. The Hall–Kier alpha value is -7.11. The molecule has 0 atom stereocenters. The van der Waals surface area contributed by atoms with Crippen molar-refractivity contribution in [1.29, 1.82) is 0 Å². The lowest BCUT2D eigenvalue weighted by Crippen LogP contribution is -2.00. The minimum absolute atomic E-state index is 0.636. The molecule has 2 heterocycles. The predicted molar refractivity (Wildman–Crippen MR) is 211 cm³/mol. The van der Waals surface area contributed by atoms with Gasteiger partial charge in [0.05, 0.1) is 11.4 Å². The smallest absolute Gasteiger partial charge is 0.164 e. The predicted octanol–water partition coefficient (Wildman–Crippen LogP) is 11.5. The fourth-order valence-corrected chi connectivity index (χ4v) is 6.40. The van der Waals surface area contributed by atoms with E-state index in [0.717, 1.165) is 66.7 Å². The molecule has 0 bridgehead atoms. The molecule has 244 valence electrons. The number of aromatic nitrogens is 5. The van der Waals surface area contributed by atoms with Crippen molar-refractivity contribution in [1.82, 2.24) is 24.9 Å². The second kappa shape index (κ2) is 13.7. The van der Waals surface area contributed by atoms with Gasteiger partial charge in [-0.25, -0.2) is 24.9 Å². The molecule has 0 saturated heterocycles. The highest BCUT2D eigenvalue weighted by Gasteiger charge is 2.14. The molecule has 9 aromatic rings. The first kappa shape index (κ1) is 30.9. The maximum absolute atomic E-state index is 5.05. The van der Waals surface area contributed by atoms with E-state index in [1.54, 1.807) is 0 Å². The molecule has 5 nitrogen and oxygen atoms in total. The SMILES string of the molecule is c1ccc(-c2cc(-c3ccc4ccc(-c5ccc(-c6nc(-c7ccccc7)nc(-c7ccccc7)n6)cc5)cc4c3)nc(-c3ccccc3)n2)cc1. The molecule has 0 N–H and O–H groups in total. The summed E-state index contributed by atoms with van der Waals surface area (Å²) >= 11 is 0. The molecule has 7 aromatic carbocycles. The lowest BCUT2D eigenvalue weighted by molar-refractivity contribution is 1.07. The van der Waals surface area contributed by atoms with Crippen LogP contribution in [0, 0.1) is 0 Å².